The first-order chi connectivity index (χ1) is 15.0. The summed E-state index contributed by atoms with van der Waals surface area (Å²) < 4.78 is 8.88. The van der Waals surface area contributed by atoms with Gasteiger partial charge in [0.1, 0.15) is 17.7 Å². The topological polar surface area (TPSA) is 47.4 Å². The number of rotatable bonds is 4. The van der Waals surface area contributed by atoms with Crippen molar-refractivity contribution in [1.29, 1.82) is 0 Å². The summed E-state index contributed by atoms with van der Waals surface area (Å²) in [5, 5.41) is 0.669. The summed E-state index contributed by atoms with van der Waals surface area (Å²) in [7, 11) is 0. The van der Waals surface area contributed by atoms with E-state index in [0.29, 0.717) is 11.2 Å². The number of halogens is 1. The second-order valence-electron chi connectivity index (χ2n) is 8.82. The molecule has 1 saturated heterocycles. The average molecular weight is 482 g/mol. The van der Waals surface area contributed by atoms with Crippen molar-refractivity contribution in [2.45, 2.75) is 58.1 Å². The van der Waals surface area contributed by atoms with Gasteiger partial charge < -0.3 is 9.64 Å². The zero-order valence-corrected chi connectivity index (χ0v) is 19.7. The van der Waals surface area contributed by atoms with Gasteiger partial charge >= 0.3 is 0 Å². The van der Waals surface area contributed by atoms with Crippen molar-refractivity contribution in [2.24, 2.45) is 0 Å². The highest BCUT2D eigenvalue weighted by molar-refractivity contribution is 9.10. The van der Waals surface area contributed by atoms with Gasteiger partial charge in [-0.15, -0.1) is 0 Å². The van der Waals surface area contributed by atoms with Gasteiger partial charge in [-0.2, -0.15) is 0 Å². The van der Waals surface area contributed by atoms with Gasteiger partial charge in [0.15, 0.2) is 0 Å². The van der Waals surface area contributed by atoms with Crippen LogP contribution in [0.2, 0.25) is 0 Å². The van der Waals surface area contributed by atoms with Crippen LogP contribution in [0, 0.1) is 13.8 Å². The Kier molecular flexibility index (Phi) is 5.61. The highest BCUT2D eigenvalue weighted by Gasteiger charge is 2.29. The number of likely N-dealkylation sites (tertiary alicyclic amines) is 1. The van der Waals surface area contributed by atoms with E-state index in [2.05, 4.69) is 25.8 Å². The Morgan fingerprint density at radius 1 is 1.06 bits per heavy atom. The summed E-state index contributed by atoms with van der Waals surface area (Å²) in [4.78, 5) is 20.6. The largest absolute Gasteiger partial charge is 0.489 e. The Balaban J connectivity index is 1.38. The molecule has 1 aliphatic heterocycles. The molecule has 0 spiro atoms. The zero-order chi connectivity index (χ0) is 21.5. The number of hydrogen-bond acceptors (Lipinski definition) is 4. The third-order valence-electron chi connectivity index (χ3n) is 6.81. The number of nitrogens with zero attached hydrogens (tertiary/aromatic N) is 3. The molecule has 5 nitrogen and oxygen atoms in total. The van der Waals surface area contributed by atoms with Crippen LogP contribution in [0.15, 0.2) is 45.7 Å². The van der Waals surface area contributed by atoms with E-state index in [1.165, 1.54) is 19.3 Å². The Labute approximate surface area is 191 Å². The fraction of sp³-hybridized carbons (Fsp3) is 0.440. The lowest BCUT2D eigenvalue weighted by atomic mass is 9.90. The first-order valence-corrected chi connectivity index (χ1v) is 12.0. The lowest BCUT2D eigenvalue weighted by molar-refractivity contribution is 0.0490. The number of aromatic nitrogens is 2. The molecule has 1 aliphatic carbocycles. The van der Waals surface area contributed by atoms with Crippen LogP contribution >= 0.6 is 15.9 Å². The third kappa shape index (κ3) is 3.92. The minimum Gasteiger partial charge on any atom is -0.489 e. The molecular weight excluding hydrogens is 454 g/mol. The second-order valence-corrected chi connectivity index (χ2v) is 9.68. The Morgan fingerprint density at radius 3 is 2.52 bits per heavy atom. The molecule has 1 saturated carbocycles. The van der Waals surface area contributed by atoms with Crippen molar-refractivity contribution >= 4 is 26.8 Å². The van der Waals surface area contributed by atoms with Gasteiger partial charge in [0, 0.05) is 19.1 Å². The number of benzene rings is 2. The molecule has 2 aromatic carbocycles. The Bertz CT molecular complexity index is 1180. The number of aryl methyl sites for hydroxylation is 2. The highest BCUT2D eigenvalue weighted by atomic mass is 79.9. The zero-order valence-electron chi connectivity index (χ0n) is 18.1. The molecule has 31 heavy (non-hydrogen) atoms. The minimum atomic E-state index is -0.0375. The fourth-order valence-electron chi connectivity index (χ4n) is 4.83. The van der Waals surface area contributed by atoms with E-state index in [-0.39, 0.29) is 11.7 Å². The molecular formula is C25H28BrN3O2. The van der Waals surface area contributed by atoms with Crippen LogP contribution in [0.1, 0.15) is 43.5 Å². The van der Waals surface area contributed by atoms with E-state index >= 15 is 0 Å². The van der Waals surface area contributed by atoms with E-state index < -0.39 is 0 Å². The summed E-state index contributed by atoms with van der Waals surface area (Å²) in [6.45, 7) is 6.08. The summed E-state index contributed by atoms with van der Waals surface area (Å²) in [6.07, 6.45) is 6.48. The lowest BCUT2D eigenvalue weighted by Crippen LogP contribution is -2.46. The summed E-state index contributed by atoms with van der Waals surface area (Å²) in [5.41, 5.74) is 2.44. The van der Waals surface area contributed by atoms with Crippen LogP contribution in [-0.4, -0.2) is 39.7 Å². The predicted molar refractivity (Wildman–Crippen MR) is 127 cm³/mol. The molecule has 0 radical (unpaired) electrons. The quantitative estimate of drug-likeness (QED) is 0.516. The van der Waals surface area contributed by atoms with E-state index in [9.17, 15) is 4.79 Å². The van der Waals surface area contributed by atoms with Gasteiger partial charge in [-0.05, 0) is 85.3 Å². The van der Waals surface area contributed by atoms with Crippen LogP contribution in [0.4, 0.5) is 0 Å². The van der Waals surface area contributed by atoms with Gasteiger partial charge in [-0.25, -0.2) is 4.98 Å². The molecule has 3 aromatic rings. The molecule has 5 rings (SSSR count). The van der Waals surface area contributed by atoms with Gasteiger partial charge in [0.2, 0.25) is 0 Å². The molecule has 6 heteroatoms. The van der Waals surface area contributed by atoms with E-state index in [4.69, 9.17) is 4.74 Å². The molecule has 0 atom stereocenters. The Hall–Kier alpha value is -2.18. The van der Waals surface area contributed by atoms with Crippen molar-refractivity contribution in [3.63, 3.8) is 0 Å². The van der Waals surface area contributed by atoms with Crippen molar-refractivity contribution in [3.05, 3.63) is 62.6 Å². The maximum atomic E-state index is 13.3. The van der Waals surface area contributed by atoms with Crippen LogP contribution in [0.5, 0.6) is 5.75 Å². The standard InChI is InChI=1S/C25H28BrN3O2/c1-16-5-3-8-22-24(16)25(30)29(17(2)27-22)19-9-10-23(21(26)15-19)31-20-11-13-28(14-12-20)18-6-4-7-18/h3,5,8-10,15,18,20H,4,6-7,11-14H2,1-2H3. The van der Waals surface area contributed by atoms with Gasteiger partial charge in [0.05, 0.1) is 21.1 Å². The summed E-state index contributed by atoms with van der Waals surface area (Å²) in [5.74, 6) is 1.51. The molecule has 0 unspecified atom stereocenters. The molecule has 1 aromatic heterocycles. The number of fused-ring (bicyclic) bond motifs is 1. The number of hydrogen-bond donors (Lipinski definition) is 0. The monoisotopic (exact) mass is 481 g/mol. The SMILES string of the molecule is Cc1cccc2nc(C)n(-c3ccc(OC4CCN(C5CCC5)CC4)c(Br)c3)c(=O)c12. The third-order valence-corrected chi connectivity index (χ3v) is 7.43. The van der Waals surface area contributed by atoms with Gasteiger partial charge in [0.25, 0.3) is 5.56 Å². The van der Waals surface area contributed by atoms with E-state index in [1.54, 1.807) is 4.57 Å². The van der Waals surface area contributed by atoms with Gasteiger partial charge in [-0.1, -0.05) is 18.6 Å². The normalized spacial score (nSPS) is 18.3. The van der Waals surface area contributed by atoms with Crippen molar-refractivity contribution in [3.8, 4) is 11.4 Å². The van der Waals surface area contributed by atoms with Crippen LogP contribution < -0.4 is 10.3 Å². The number of ether oxygens (including phenoxy) is 1. The summed E-state index contributed by atoms with van der Waals surface area (Å²) >= 11 is 3.67. The predicted octanol–water partition coefficient (Wildman–Crippen LogP) is 5.16. The van der Waals surface area contributed by atoms with E-state index in [1.807, 2.05) is 50.2 Å². The smallest absolute Gasteiger partial charge is 0.266 e. The fourth-order valence-corrected chi connectivity index (χ4v) is 5.29. The lowest BCUT2D eigenvalue weighted by Gasteiger charge is -2.41. The van der Waals surface area contributed by atoms with Crippen LogP contribution in [0.3, 0.4) is 0 Å². The van der Waals surface area contributed by atoms with Crippen molar-refractivity contribution in [2.75, 3.05) is 13.1 Å². The molecule has 2 heterocycles. The van der Waals surface area contributed by atoms with Crippen LogP contribution in [-0.2, 0) is 0 Å². The minimum absolute atomic E-state index is 0.0375. The molecule has 0 N–H and O–H groups in total. The highest BCUT2D eigenvalue weighted by Crippen LogP contribution is 2.32. The first kappa shape index (κ1) is 20.7. The van der Waals surface area contributed by atoms with Crippen molar-refractivity contribution < 1.29 is 4.74 Å². The molecule has 162 valence electrons. The maximum absolute atomic E-state index is 13.3. The van der Waals surface area contributed by atoms with Crippen LogP contribution in [0.25, 0.3) is 16.6 Å². The average Bonchev–Trinajstić information content (AvgIpc) is 2.70. The molecule has 0 bridgehead atoms. The molecule has 0 amide bonds. The first-order valence-electron chi connectivity index (χ1n) is 11.2. The van der Waals surface area contributed by atoms with E-state index in [0.717, 1.165) is 59.0 Å². The van der Waals surface area contributed by atoms with Crippen molar-refractivity contribution in [1.82, 2.24) is 14.5 Å². The Morgan fingerprint density at radius 2 is 1.84 bits per heavy atom. The molecule has 2 aliphatic rings. The summed E-state index contributed by atoms with van der Waals surface area (Å²) in [6, 6.07) is 12.5. The van der Waals surface area contributed by atoms with Gasteiger partial charge in [-0.3, -0.25) is 9.36 Å². The number of piperidine rings is 1. The second kappa shape index (κ2) is 8.40. The maximum Gasteiger partial charge on any atom is 0.266 e. The molecule has 2 fully saturated rings.